The minimum Gasteiger partial charge on any atom is -0.464 e. The van der Waals surface area contributed by atoms with E-state index in [2.05, 4.69) is 31.8 Å². The zero-order valence-corrected chi connectivity index (χ0v) is 9.66. The molecule has 2 aromatic rings. The van der Waals surface area contributed by atoms with Gasteiger partial charge >= 0.3 is 0 Å². The molecular formula is C13H14N2O. The molecule has 0 radical (unpaired) electrons. The Balaban J connectivity index is 2.55. The summed E-state index contributed by atoms with van der Waals surface area (Å²) in [5, 5.41) is 9.07. The molecule has 0 aliphatic heterocycles. The smallest absolute Gasteiger partial charge is 0.136 e. The maximum atomic E-state index is 9.07. The summed E-state index contributed by atoms with van der Waals surface area (Å²) < 4.78 is 5.32. The van der Waals surface area contributed by atoms with Crippen LogP contribution in [0.25, 0.3) is 11.3 Å². The van der Waals surface area contributed by atoms with E-state index in [0.29, 0.717) is 5.69 Å². The molecule has 2 aromatic heterocycles. The van der Waals surface area contributed by atoms with Crippen molar-refractivity contribution in [1.29, 1.82) is 5.26 Å². The molecule has 0 amide bonds. The van der Waals surface area contributed by atoms with Gasteiger partial charge in [-0.25, -0.2) is 0 Å². The minimum absolute atomic E-state index is 0.00353. The Morgan fingerprint density at radius 3 is 2.62 bits per heavy atom. The van der Waals surface area contributed by atoms with Crippen molar-refractivity contribution in [3.05, 3.63) is 35.9 Å². The van der Waals surface area contributed by atoms with Crippen molar-refractivity contribution >= 4 is 0 Å². The molecule has 0 aliphatic rings. The van der Waals surface area contributed by atoms with E-state index >= 15 is 0 Å². The first kappa shape index (κ1) is 10.6. The molecular weight excluding hydrogens is 200 g/mol. The third kappa shape index (κ3) is 1.74. The third-order valence-corrected chi connectivity index (χ3v) is 2.52. The quantitative estimate of drug-likeness (QED) is 0.790. The summed E-state index contributed by atoms with van der Waals surface area (Å²) in [6.45, 7) is 6.31. The molecule has 0 bridgehead atoms. The van der Waals surface area contributed by atoms with Crippen molar-refractivity contribution in [2.75, 3.05) is 0 Å². The van der Waals surface area contributed by atoms with E-state index in [0.717, 1.165) is 17.0 Å². The number of hydrogen-bond donors (Lipinski definition) is 1. The van der Waals surface area contributed by atoms with Gasteiger partial charge < -0.3 is 9.40 Å². The van der Waals surface area contributed by atoms with Crippen LogP contribution in [0.15, 0.2) is 28.9 Å². The van der Waals surface area contributed by atoms with Gasteiger partial charge in [0.2, 0.25) is 0 Å². The normalized spacial score (nSPS) is 11.4. The zero-order valence-electron chi connectivity index (χ0n) is 9.66. The van der Waals surface area contributed by atoms with Gasteiger partial charge in [0.25, 0.3) is 0 Å². The summed E-state index contributed by atoms with van der Waals surface area (Å²) in [6, 6.07) is 7.82. The second kappa shape index (κ2) is 3.57. The van der Waals surface area contributed by atoms with Gasteiger partial charge in [0.15, 0.2) is 0 Å². The van der Waals surface area contributed by atoms with Gasteiger partial charge in [-0.15, -0.1) is 0 Å². The highest BCUT2D eigenvalue weighted by Crippen LogP contribution is 2.30. The number of nitrogens with zero attached hydrogens (tertiary/aromatic N) is 1. The van der Waals surface area contributed by atoms with Gasteiger partial charge in [-0.05, 0) is 18.2 Å². The van der Waals surface area contributed by atoms with Crippen LogP contribution >= 0.6 is 0 Å². The summed E-state index contributed by atoms with van der Waals surface area (Å²) in [5.74, 6) is 0.725. The second-order valence-corrected chi connectivity index (χ2v) is 4.81. The lowest BCUT2D eigenvalue weighted by atomic mass is 9.92. The number of rotatable bonds is 1. The summed E-state index contributed by atoms with van der Waals surface area (Å²) in [4.78, 5) is 3.14. The molecule has 82 valence electrons. The third-order valence-electron chi connectivity index (χ3n) is 2.52. The lowest BCUT2D eigenvalue weighted by Crippen LogP contribution is -2.11. The maximum absolute atomic E-state index is 9.07. The molecule has 2 heterocycles. The van der Waals surface area contributed by atoms with Crippen LogP contribution in [0.3, 0.4) is 0 Å². The van der Waals surface area contributed by atoms with E-state index in [9.17, 15) is 0 Å². The highest BCUT2D eigenvalue weighted by molar-refractivity contribution is 5.65. The number of nitriles is 1. The van der Waals surface area contributed by atoms with Gasteiger partial charge in [-0.3, -0.25) is 0 Å². The summed E-state index contributed by atoms with van der Waals surface area (Å²) in [6.07, 6.45) is 1.61. The highest BCUT2D eigenvalue weighted by atomic mass is 16.3. The van der Waals surface area contributed by atoms with Crippen molar-refractivity contribution in [1.82, 2.24) is 4.98 Å². The molecule has 3 heteroatoms. The van der Waals surface area contributed by atoms with Crippen molar-refractivity contribution in [3.8, 4) is 17.4 Å². The fourth-order valence-electron chi connectivity index (χ4n) is 1.57. The predicted octanol–water partition coefficient (Wildman–Crippen LogP) is 3.44. The topological polar surface area (TPSA) is 52.7 Å². The first-order valence-electron chi connectivity index (χ1n) is 5.20. The molecule has 1 N–H and O–H groups in total. The molecule has 0 aliphatic carbocycles. The fraction of sp³-hybridized carbons (Fsp3) is 0.308. The molecule has 0 spiro atoms. The Hall–Kier alpha value is -1.95. The van der Waals surface area contributed by atoms with E-state index in [4.69, 9.17) is 9.68 Å². The lowest BCUT2D eigenvalue weighted by molar-refractivity contribution is 0.572. The van der Waals surface area contributed by atoms with Crippen LogP contribution in [0.4, 0.5) is 0 Å². The van der Waals surface area contributed by atoms with Crippen LogP contribution in [0, 0.1) is 11.3 Å². The molecule has 2 rings (SSSR count). The van der Waals surface area contributed by atoms with Crippen molar-refractivity contribution in [2.24, 2.45) is 0 Å². The summed E-state index contributed by atoms with van der Waals surface area (Å²) >= 11 is 0. The first-order chi connectivity index (χ1) is 7.52. The van der Waals surface area contributed by atoms with Crippen LogP contribution in [0.1, 0.15) is 32.2 Å². The average Bonchev–Trinajstić information content (AvgIpc) is 2.85. The molecule has 0 atom stereocenters. The van der Waals surface area contributed by atoms with Gasteiger partial charge in [-0.1, -0.05) is 20.8 Å². The summed E-state index contributed by atoms with van der Waals surface area (Å²) in [7, 11) is 0. The van der Waals surface area contributed by atoms with Gasteiger partial charge in [0, 0.05) is 11.1 Å². The monoisotopic (exact) mass is 214 g/mol. The summed E-state index contributed by atoms with van der Waals surface area (Å²) in [5.41, 5.74) is 2.42. The van der Waals surface area contributed by atoms with Crippen molar-refractivity contribution < 1.29 is 4.42 Å². The fourth-order valence-corrected chi connectivity index (χ4v) is 1.57. The van der Waals surface area contributed by atoms with Crippen molar-refractivity contribution in [2.45, 2.75) is 26.2 Å². The lowest BCUT2D eigenvalue weighted by Gasteiger charge is -2.15. The van der Waals surface area contributed by atoms with Gasteiger partial charge in [-0.2, -0.15) is 5.26 Å². The van der Waals surface area contributed by atoms with Gasteiger partial charge in [0.05, 0.1) is 11.8 Å². The van der Waals surface area contributed by atoms with Crippen molar-refractivity contribution in [3.63, 3.8) is 0 Å². The molecule has 16 heavy (non-hydrogen) atoms. The maximum Gasteiger partial charge on any atom is 0.136 e. The molecule has 0 aromatic carbocycles. The number of aromatic nitrogens is 1. The molecule has 0 saturated carbocycles. The van der Waals surface area contributed by atoms with Crippen LogP contribution in [0.2, 0.25) is 0 Å². The number of nitrogens with one attached hydrogen (secondary N) is 1. The molecule has 3 nitrogen and oxygen atoms in total. The number of furan rings is 1. The first-order valence-corrected chi connectivity index (χ1v) is 5.20. The Morgan fingerprint density at radius 1 is 1.38 bits per heavy atom. The second-order valence-electron chi connectivity index (χ2n) is 4.81. The van der Waals surface area contributed by atoms with E-state index in [1.165, 1.54) is 0 Å². The number of aromatic amines is 1. The van der Waals surface area contributed by atoms with E-state index in [-0.39, 0.29) is 5.41 Å². The number of hydrogen-bond acceptors (Lipinski definition) is 2. The Bertz CT molecular complexity index is 521. The Morgan fingerprint density at radius 2 is 2.12 bits per heavy atom. The average molecular weight is 214 g/mol. The van der Waals surface area contributed by atoms with E-state index < -0.39 is 0 Å². The van der Waals surface area contributed by atoms with Crippen LogP contribution in [0.5, 0.6) is 0 Å². The molecule has 0 unspecified atom stereocenters. The SMILES string of the molecule is CC(C)(C)c1cc(-c2ccco2)c(C#N)[nH]1. The van der Waals surface area contributed by atoms with Gasteiger partial charge in [0.1, 0.15) is 17.5 Å². The highest BCUT2D eigenvalue weighted by Gasteiger charge is 2.20. The van der Waals surface area contributed by atoms with Crippen LogP contribution in [-0.2, 0) is 5.41 Å². The van der Waals surface area contributed by atoms with E-state index in [1.807, 2.05) is 18.2 Å². The predicted molar refractivity (Wildman–Crippen MR) is 61.9 cm³/mol. The molecule has 0 fully saturated rings. The van der Waals surface area contributed by atoms with E-state index in [1.54, 1.807) is 6.26 Å². The minimum atomic E-state index is -0.00353. The molecule has 0 saturated heterocycles. The zero-order chi connectivity index (χ0) is 11.8. The Kier molecular flexibility index (Phi) is 2.35. The number of H-pyrrole nitrogens is 1. The Labute approximate surface area is 94.7 Å². The van der Waals surface area contributed by atoms with Crippen LogP contribution in [-0.4, -0.2) is 4.98 Å². The van der Waals surface area contributed by atoms with Crippen LogP contribution < -0.4 is 0 Å². The standard InChI is InChI=1S/C13H14N2O/c1-13(2,3)12-7-9(10(8-14)15-12)11-5-4-6-16-11/h4-7,15H,1-3H3. The largest absolute Gasteiger partial charge is 0.464 e.